The highest BCUT2D eigenvalue weighted by Gasteiger charge is 2.20. The lowest BCUT2D eigenvalue weighted by atomic mass is 10.2. The van der Waals surface area contributed by atoms with Crippen molar-refractivity contribution in [3.63, 3.8) is 0 Å². The van der Waals surface area contributed by atoms with Gasteiger partial charge in [0, 0.05) is 32.2 Å². The first-order valence-electron chi connectivity index (χ1n) is 6.95. The molecule has 6 nitrogen and oxygen atoms in total. The number of hydrogen-bond donors (Lipinski definition) is 2. The molecule has 116 valence electrons. The van der Waals surface area contributed by atoms with Crippen molar-refractivity contribution in [2.75, 3.05) is 27.2 Å². The average molecular weight is 311 g/mol. The number of nitrogens with one attached hydrogen (secondary N) is 2. The first-order chi connectivity index (χ1) is 9.90. The van der Waals surface area contributed by atoms with Crippen molar-refractivity contribution in [1.82, 2.24) is 14.9 Å². The standard InChI is InChI=1S/C14H21N3O3S/c1-17(2)14(18)11-5-3-7-13(9-11)21(19,20)16-10-12-6-4-8-15-12/h3,5,7,9,12,15-16H,4,6,8,10H2,1-2H3. The summed E-state index contributed by atoms with van der Waals surface area (Å²) in [5.41, 5.74) is 0.363. The van der Waals surface area contributed by atoms with Gasteiger partial charge >= 0.3 is 0 Å². The van der Waals surface area contributed by atoms with Crippen molar-refractivity contribution in [1.29, 1.82) is 0 Å². The van der Waals surface area contributed by atoms with Crippen molar-refractivity contribution in [3.05, 3.63) is 29.8 Å². The van der Waals surface area contributed by atoms with E-state index < -0.39 is 10.0 Å². The van der Waals surface area contributed by atoms with Crippen LogP contribution in [-0.4, -0.2) is 52.5 Å². The van der Waals surface area contributed by atoms with Gasteiger partial charge in [-0.05, 0) is 37.6 Å². The van der Waals surface area contributed by atoms with Gasteiger partial charge in [-0.25, -0.2) is 13.1 Å². The summed E-state index contributed by atoms with van der Waals surface area (Å²) < 4.78 is 27.1. The largest absolute Gasteiger partial charge is 0.345 e. The molecule has 2 N–H and O–H groups in total. The van der Waals surface area contributed by atoms with Crippen LogP contribution in [0.4, 0.5) is 0 Å². The Balaban J connectivity index is 2.12. The lowest BCUT2D eigenvalue weighted by Gasteiger charge is -2.14. The third-order valence-corrected chi connectivity index (χ3v) is 4.90. The van der Waals surface area contributed by atoms with E-state index in [1.807, 2.05) is 0 Å². The van der Waals surface area contributed by atoms with Crippen molar-refractivity contribution in [2.24, 2.45) is 0 Å². The molecule has 1 heterocycles. The van der Waals surface area contributed by atoms with Crippen molar-refractivity contribution in [3.8, 4) is 0 Å². The Morgan fingerprint density at radius 1 is 1.43 bits per heavy atom. The fraction of sp³-hybridized carbons (Fsp3) is 0.500. The number of carbonyl (C=O) groups excluding carboxylic acids is 1. The number of nitrogens with zero attached hydrogens (tertiary/aromatic N) is 1. The molecule has 21 heavy (non-hydrogen) atoms. The third kappa shape index (κ3) is 4.03. The van der Waals surface area contributed by atoms with Crippen molar-refractivity contribution in [2.45, 2.75) is 23.8 Å². The normalized spacial score (nSPS) is 18.7. The predicted octanol–water partition coefficient (Wildman–Crippen LogP) is 0.419. The van der Waals surface area contributed by atoms with Gasteiger partial charge in [0.15, 0.2) is 0 Å². The van der Waals surface area contributed by atoms with Crippen LogP contribution in [0.1, 0.15) is 23.2 Å². The quantitative estimate of drug-likeness (QED) is 0.826. The number of hydrogen-bond acceptors (Lipinski definition) is 4. The van der Waals surface area contributed by atoms with Crippen LogP contribution in [0.25, 0.3) is 0 Å². The van der Waals surface area contributed by atoms with Gasteiger partial charge in [-0.2, -0.15) is 0 Å². The monoisotopic (exact) mass is 311 g/mol. The van der Waals surface area contributed by atoms with E-state index in [4.69, 9.17) is 0 Å². The van der Waals surface area contributed by atoms with Gasteiger partial charge < -0.3 is 10.2 Å². The molecule has 1 unspecified atom stereocenters. The minimum absolute atomic E-state index is 0.119. The molecule has 1 amide bonds. The molecule has 2 rings (SSSR count). The first-order valence-corrected chi connectivity index (χ1v) is 8.43. The zero-order valence-corrected chi connectivity index (χ0v) is 13.1. The molecular weight excluding hydrogens is 290 g/mol. The van der Waals surface area contributed by atoms with Crippen molar-refractivity contribution < 1.29 is 13.2 Å². The van der Waals surface area contributed by atoms with E-state index in [2.05, 4.69) is 10.0 Å². The first kappa shape index (κ1) is 15.9. The summed E-state index contributed by atoms with van der Waals surface area (Å²) in [6.45, 7) is 1.30. The molecule has 1 atom stereocenters. The zero-order chi connectivity index (χ0) is 15.5. The van der Waals surface area contributed by atoms with Gasteiger partial charge in [0.25, 0.3) is 5.91 Å². The zero-order valence-electron chi connectivity index (χ0n) is 12.3. The van der Waals surface area contributed by atoms with Gasteiger partial charge in [0.05, 0.1) is 4.90 Å². The highest BCUT2D eigenvalue weighted by Crippen LogP contribution is 2.13. The Morgan fingerprint density at radius 3 is 2.81 bits per heavy atom. The van der Waals surface area contributed by atoms with E-state index in [9.17, 15) is 13.2 Å². The maximum absolute atomic E-state index is 12.3. The summed E-state index contributed by atoms with van der Waals surface area (Å²) in [5.74, 6) is -0.218. The van der Waals surface area contributed by atoms with Crippen LogP contribution in [0.2, 0.25) is 0 Å². The van der Waals surface area contributed by atoms with Gasteiger partial charge in [-0.1, -0.05) is 6.07 Å². The Kier molecular flexibility index (Phi) is 4.97. The molecule has 1 aromatic rings. The van der Waals surface area contributed by atoms with Gasteiger partial charge in [-0.15, -0.1) is 0 Å². The fourth-order valence-corrected chi connectivity index (χ4v) is 3.41. The van der Waals surface area contributed by atoms with Crippen molar-refractivity contribution >= 4 is 15.9 Å². The van der Waals surface area contributed by atoms with Crippen LogP contribution in [-0.2, 0) is 10.0 Å². The molecule has 1 saturated heterocycles. The lowest BCUT2D eigenvalue weighted by Crippen LogP contribution is -2.37. The van der Waals surface area contributed by atoms with E-state index in [1.54, 1.807) is 26.2 Å². The molecule has 0 radical (unpaired) electrons. The molecule has 0 saturated carbocycles. The highest BCUT2D eigenvalue weighted by molar-refractivity contribution is 7.89. The number of carbonyl (C=O) groups is 1. The molecule has 1 aliphatic heterocycles. The summed E-state index contributed by atoms with van der Waals surface area (Å²) in [6, 6.07) is 6.29. The van der Waals surface area contributed by atoms with Crippen LogP contribution in [0.15, 0.2) is 29.2 Å². The summed E-state index contributed by atoms with van der Waals surface area (Å²) >= 11 is 0. The Morgan fingerprint density at radius 2 is 2.19 bits per heavy atom. The van der Waals surface area contributed by atoms with Crippen LogP contribution in [0.3, 0.4) is 0 Å². The molecule has 7 heteroatoms. The number of rotatable bonds is 5. The Labute approximate surface area is 125 Å². The average Bonchev–Trinajstić information content (AvgIpc) is 2.98. The second-order valence-electron chi connectivity index (χ2n) is 5.37. The van der Waals surface area contributed by atoms with E-state index in [-0.39, 0.29) is 16.8 Å². The Bertz CT molecular complexity index is 608. The molecule has 0 aromatic heterocycles. The minimum Gasteiger partial charge on any atom is -0.345 e. The summed E-state index contributed by atoms with van der Waals surface area (Å²) in [4.78, 5) is 13.4. The van der Waals surface area contributed by atoms with E-state index >= 15 is 0 Å². The second-order valence-corrected chi connectivity index (χ2v) is 7.14. The van der Waals surface area contributed by atoms with Gasteiger partial charge in [-0.3, -0.25) is 4.79 Å². The molecular formula is C14H21N3O3S. The molecule has 0 aliphatic carbocycles. The minimum atomic E-state index is -3.59. The molecule has 1 fully saturated rings. The number of amides is 1. The van der Waals surface area contributed by atoms with Crippen LogP contribution >= 0.6 is 0 Å². The summed E-state index contributed by atoms with van der Waals surface area (Å²) in [5, 5.41) is 3.24. The third-order valence-electron chi connectivity index (χ3n) is 3.48. The van der Waals surface area contributed by atoms with E-state index in [0.29, 0.717) is 12.1 Å². The predicted molar refractivity (Wildman–Crippen MR) is 80.7 cm³/mol. The number of sulfonamides is 1. The maximum atomic E-state index is 12.3. The molecule has 0 bridgehead atoms. The van der Waals surface area contributed by atoms with Gasteiger partial charge in [0.1, 0.15) is 0 Å². The molecule has 1 aliphatic rings. The molecule has 1 aromatic carbocycles. The summed E-state index contributed by atoms with van der Waals surface area (Å²) in [7, 11) is -0.325. The maximum Gasteiger partial charge on any atom is 0.253 e. The van der Waals surface area contributed by atoms with Crippen LogP contribution < -0.4 is 10.0 Å². The van der Waals surface area contributed by atoms with Crippen LogP contribution in [0.5, 0.6) is 0 Å². The molecule has 0 spiro atoms. The number of benzene rings is 1. The van der Waals surface area contributed by atoms with Crippen LogP contribution in [0, 0.1) is 0 Å². The van der Waals surface area contributed by atoms with E-state index in [0.717, 1.165) is 19.4 Å². The fourth-order valence-electron chi connectivity index (χ4n) is 2.28. The Hall–Kier alpha value is -1.44. The second kappa shape index (κ2) is 6.55. The summed E-state index contributed by atoms with van der Waals surface area (Å²) in [6.07, 6.45) is 2.04. The SMILES string of the molecule is CN(C)C(=O)c1cccc(S(=O)(=O)NCC2CCCN2)c1. The van der Waals surface area contributed by atoms with Gasteiger partial charge in [0.2, 0.25) is 10.0 Å². The smallest absolute Gasteiger partial charge is 0.253 e. The highest BCUT2D eigenvalue weighted by atomic mass is 32.2. The van der Waals surface area contributed by atoms with E-state index in [1.165, 1.54) is 17.0 Å². The topological polar surface area (TPSA) is 78.5 Å². The lowest BCUT2D eigenvalue weighted by molar-refractivity contribution is 0.0827.